The molecule has 0 saturated heterocycles. The predicted octanol–water partition coefficient (Wildman–Crippen LogP) is 3.36. The Balaban J connectivity index is 1.92. The minimum Gasteiger partial charge on any atom is -0.459 e. The fourth-order valence-corrected chi connectivity index (χ4v) is 3.00. The molecule has 3 unspecified atom stereocenters. The summed E-state index contributed by atoms with van der Waals surface area (Å²) < 4.78 is 5.77. The van der Waals surface area contributed by atoms with Crippen molar-refractivity contribution in [3.63, 3.8) is 0 Å². The number of nitrogens with one attached hydrogen (secondary N) is 1. The number of amides is 1. The molecule has 0 radical (unpaired) electrons. The second-order valence-electron chi connectivity index (χ2n) is 5.68. The van der Waals surface area contributed by atoms with Crippen LogP contribution in [0.15, 0.2) is 34.7 Å². The van der Waals surface area contributed by atoms with E-state index in [1.165, 1.54) is 0 Å². The van der Waals surface area contributed by atoms with Gasteiger partial charge in [-0.25, -0.2) is 0 Å². The smallest absolute Gasteiger partial charge is 0.233 e. The van der Waals surface area contributed by atoms with Crippen molar-refractivity contribution in [3.8, 4) is 0 Å². The van der Waals surface area contributed by atoms with Crippen molar-refractivity contribution in [3.05, 3.63) is 36.1 Å². The maximum atomic E-state index is 12.2. The largest absolute Gasteiger partial charge is 0.459 e. The zero-order chi connectivity index (χ0) is 16.1. The van der Waals surface area contributed by atoms with E-state index in [1.54, 1.807) is 11.8 Å². The van der Waals surface area contributed by atoms with Gasteiger partial charge in [-0.1, -0.05) is 25.1 Å². The van der Waals surface area contributed by atoms with Crippen LogP contribution in [0.2, 0.25) is 0 Å². The van der Waals surface area contributed by atoms with Crippen LogP contribution in [0.5, 0.6) is 0 Å². The van der Waals surface area contributed by atoms with E-state index in [4.69, 9.17) is 9.52 Å². The molecule has 3 atom stereocenters. The fraction of sp³-hybridized carbons (Fsp3) is 0.471. The summed E-state index contributed by atoms with van der Waals surface area (Å²) in [6.07, 6.45) is 0. The van der Waals surface area contributed by atoms with E-state index >= 15 is 0 Å². The first-order valence-electron chi connectivity index (χ1n) is 7.52. The molecule has 2 N–H and O–H groups in total. The average Bonchev–Trinajstić information content (AvgIpc) is 2.96. The van der Waals surface area contributed by atoms with Gasteiger partial charge in [0.1, 0.15) is 11.3 Å². The van der Waals surface area contributed by atoms with Crippen LogP contribution in [0, 0.1) is 5.92 Å². The van der Waals surface area contributed by atoms with E-state index in [0.717, 1.165) is 22.5 Å². The quantitative estimate of drug-likeness (QED) is 0.821. The molecule has 5 heteroatoms. The summed E-state index contributed by atoms with van der Waals surface area (Å²) in [5, 5.41) is 12.9. The Hall–Kier alpha value is -1.46. The molecule has 0 aliphatic heterocycles. The van der Waals surface area contributed by atoms with Crippen LogP contribution in [0.1, 0.15) is 32.6 Å². The molecule has 0 spiro atoms. The van der Waals surface area contributed by atoms with Crippen LogP contribution < -0.4 is 5.32 Å². The summed E-state index contributed by atoms with van der Waals surface area (Å²) in [7, 11) is 0. The van der Waals surface area contributed by atoms with Crippen molar-refractivity contribution in [2.24, 2.45) is 5.92 Å². The number of rotatable bonds is 7. The molecular formula is C17H23NO3S. The second-order valence-corrected chi connectivity index (χ2v) is 7.05. The predicted molar refractivity (Wildman–Crippen MR) is 90.9 cm³/mol. The molecule has 1 aromatic carbocycles. The van der Waals surface area contributed by atoms with Gasteiger partial charge < -0.3 is 14.8 Å². The number of thioether (sulfide) groups is 1. The Labute approximate surface area is 135 Å². The van der Waals surface area contributed by atoms with Gasteiger partial charge in [-0.3, -0.25) is 4.79 Å². The van der Waals surface area contributed by atoms with E-state index in [0.29, 0.717) is 0 Å². The third kappa shape index (κ3) is 4.27. The van der Waals surface area contributed by atoms with E-state index in [9.17, 15) is 4.79 Å². The number of furan rings is 1. The van der Waals surface area contributed by atoms with Crippen LogP contribution in [0.3, 0.4) is 0 Å². The van der Waals surface area contributed by atoms with Crippen LogP contribution in [0.4, 0.5) is 0 Å². The third-order valence-corrected chi connectivity index (χ3v) is 5.02. The molecule has 2 aromatic rings. The van der Waals surface area contributed by atoms with Crippen LogP contribution in [0.25, 0.3) is 11.0 Å². The monoisotopic (exact) mass is 321 g/mol. The summed E-state index contributed by atoms with van der Waals surface area (Å²) in [5.41, 5.74) is 0.831. The molecule has 1 amide bonds. The molecular weight excluding hydrogens is 298 g/mol. The maximum Gasteiger partial charge on any atom is 0.233 e. The van der Waals surface area contributed by atoms with Gasteiger partial charge in [0, 0.05) is 12.0 Å². The Morgan fingerprint density at radius 1 is 1.32 bits per heavy atom. The van der Waals surface area contributed by atoms with Crippen molar-refractivity contribution in [1.82, 2.24) is 5.32 Å². The van der Waals surface area contributed by atoms with Crippen molar-refractivity contribution >= 4 is 28.6 Å². The number of hydrogen-bond donors (Lipinski definition) is 2. The highest BCUT2D eigenvalue weighted by Gasteiger charge is 2.19. The van der Waals surface area contributed by atoms with Gasteiger partial charge >= 0.3 is 0 Å². The minimum absolute atomic E-state index is 0.0110. The fourth-order valence-electron chi connectivity index (χ4n) is 2.05. The Bertz CT molecular complexity index is 592. The standard InChI is InChI=1S/C17H23NO3S/c1-11(9-19)10-22-13(3)17(20)18-12(2)16-8-14-6-4-5-7-15(14)21-16/h4-8,11-13,19H,9-10H2,1-3H3,(H,18,20). The Morgan fingerprint density at radius 2 is 2.05 bits per heavy atom. The van der Waals surface area contributed by atoms with E-state index in [1.807, 2.05) is 51.1 Å². The summed E-state index contributed by atoms with van der Waals surface area (Å²) >= 11 is 1.56. The second kappa shape index (κ2) is 7.70. The maximum absolute atomic E-state index is 12.2. The van der Waals surface area contributed by atoms with Gasteiger partial charge in [-0.2, -0.15) is 0 Å². The van der Waals surface area contributed by atoms with E-state index in [-0.39, 0.29) is 29.7 Å². The number of carbonyl (C=O) groups excluding carboxylic acids is 1. The van der Waals surface area contributed by atoms with E-state index < -0.39 is 0 Å². The molecule has 1 heterocycles. The lowest BCUT2D eigenvalue weighted by atomic mass is 10.2. The van der Waals surface area contributed by atoms with Crippen molar-refractivity contribution < 1.29 is 14.3 Å². The highest BCUT2D eigenvalue weighted by Crippen LogP contribution is 2.24. The number of para-hydroxylation sites is 1. The summed E-state index contributed by atoms with van der Waals surface area (Å²) in [4.78, 5) is 12.2. The first-order chi connectivity index (χ1) is 10.5. The Kier molecular flexibility index (Phi) is 5.91. The van der Waals surface area contributed by atoms with Gasteiger partial charge in [0.05, 0.1) is 11.3 Å². The average molecular weight is 321 g/mol. The van der Waals surface area contributed by atoms with Crippen molar-refractivity contribution in [1.29, 1.82) is 0 Å². The van der Waals surface area contributed by atoms with E-state index in [2.05, 4.69) is 5.32 Å². The normalized spacial score (nSPS) is 15.5. The minimum atomic E-state index is -0.168. The zero-order valence-corrected chi connectivity index (χ0v) is 14.0. The number of benzene rings is 1. The molecule has 1 aromatic heterocycles. The Morgan fingerprint density at radius 3 is 2.73 bits per heavy atom. The molecule has 4 nitrogen and oxygen atoms in total. The summed E-state index contributed by atoms with van der Waals surface area (Å²) in [5.74, 6) is 1.72. The van der Waals surface area contributed by atoms with Gasteiger partial charge in [-0.05, 0) is 37.7 Å². The molecule has 0 aliphatic rings. The first kappa shape index (κ1) is 16.9. The van der Waals surface area contributed by atoms with Crippen LogP contribution in [-0.2, 0) is 4.79 Å². The van der Waals surface area contributed by atoms with Crippen molar-refractivity contribution in [2.45, 2.75) is 32.1 Å². The molecule has 2 rings (SSSR count). The van der Waals surface area contributed by atoms with Gasteiger partial charge in [0.25, 0.3) is 0 Å². The highest BCUT2D eigenvalue weighted by atomic mass is 32.2. The zero-order valence-electron chi connectivity index (χ0n) is 13.2. The summed E-state index contributed by atoms with van der Waals surface area (Å²) in [6.45, 7) is 5.92. The van der Waals surface area contributed by atoms with Gasteiger partial charge in [0.2, 0.25) is 5.91 Å². The number of aliphatic hydroxyl groups excluding tert-OH is 1. The molecule has 0 bridgehead atoms. The third-order valence-electron chi connectivity index (χ3n) is 3.54. The lowest BCUT2D eigenvalue weighted by Crippen LogP contribution is -2.33. The van der Waals surface area contributed by atoms with Crippen LogP contribution >= 0.6 is 11.8 Å². The number of fused-ring (bicyclic) bond motifs is 1. The van der Waals surface area contributed by atoms with Crippen molar-refractivity contribution in [2.75, 3.05) is 12.4 Å². The molecule has 120 valence electrons. The molecule has 0 fully saturated rings. The highest BCUT2D eigenvalue weighted by molar-refractivity contribution is 8.00. The number of carbonyl (C=O) groups is 1. The van der Waals surface area contributed by atoms with Gasteiger partial charge in [-0.15, -0.1) is 11.8 Å². The molecule has 0 aliphatic carbocycles. The SMILES string of the molecule is CC(CO)CSC(C)C(=O)NC(C)c1cc2ccccc2o1. The van der Waals surface area contributed by atoms with Gasteiger partial charge in [0.15, 0.2) is 0 Å². The number of aliphatic hydroxyl groups is 1. The lowest BCUT2D eigenvalue weighted by Gasteiger charge is -2.17. The molecule has 0 saturated carbocycles. The topological polar surface area (TPSA) is 62.5 Å². The lowest BCUT2D eigenvalue weighted by molar-refractivity contribution is -0.121. The summed E-state index contributed by atoms with van der Waals surface area (Å²) in [6, 6.07) is 9.60. The first-order valence-corrected chi connectivity index (χ1v) is 8.57. The molecule has 22 heavy (non-hydrogen) atoms. The number of hydrogen-bond acceptors (Lipinski definition) is 4. The van der Waals surface area contributed by atoms with Crippen LogP contribution in [-0.4, -0.2) is 28.6 Å².